The molecular weight excluding hydrogens is 1050 g/mol. The van der Waals surface area contributed by atoms with Crippen LogP contribution in [0, 0.1) is 0 Å². The van der Waals surface area contributed by atoms with Gasteiger partial charge in [0.1, 0.15) is 129 Å². The van der Waals surface area contributed by atoms with Gasteiger partial charge in [-0.25, -0.2) is 0 Å². The van der Waals surface area contributed by atoms with E-state index in [4.69, 9.17) is 0 Å². The van der Waals surface area contributed by atoms with Crippen LogP contribution in [-0.4, -0.2) is 212 Å². The molecule has 10 nitrogen and oxygen atoms in total. The van der Waals surface area contributed by atoms with Crippen molar-refractivity contribution >= 4 is 0 Å². The van der Waals surface area contributed by atoms with Crippen LogP contribution >= 0.6 is 0 Å². The van der Waals surface area contributed by atoms with Crippen LogP contribution in [0.5, 0.6) is 0 Å². The van der Waals surface area contributed by atoms with Gasteiger partial charge in [0.05, 0.1) is 35.2 Å². The largest absolute Gasteiger partial charge is 0.387 e. The van der Waals surface area contributed by atoms with E-state index >= 15 is 0 Å². The summed E-state index contributed by atoms with van der Waals surface area (Å²) in [6.07, 6.45) is 53.5. The number of quaternary nitrogens is 5. The molecule has 1 saturated heterocycles. The molecule has 0 aromatic carbocycles. The molecule has 0 aliphatic carbocycles. The number of hydrogen-bond donors (Lipinski definition) is 5. The maximum atomic E-state index is 11.9. The standard InChI is InChI=1S/C75H160N5O5/c1-11-16-21-26-31-36-41-46-51-71(81)66-78(8,63-65-80(10,69-74(84)54-49-44-39-34-29-24-19-14-4)70-75(85)55-50-45-40-35-30-25-20-15-5)62-60-76(6)56-58-77(7,59-57-76)61-64-79(9,67-72(82)52-47-42-37-32-27-22-17-12-2)68-73(83)53-48-43-38-33-28-23-18-13-3/h71-75,81-85H,11-70H2,1-10H3/q+5. The van der Waals surface area contributed by atoms with Crippen LogP contribution in [0.15, 0.2) is 0 Å². The Bertz CT molecular complexity index is 1390. The first-order valence-corrected chi connectivity index (χ1v) is 38.4. The lowest BCUT2D eigenvalue weighted by molar-refractivity contribution is -1.04. The van der Waals surface area contributed by atoms with E-state index in [-0.39, 0.29) is 30.5 Å². The van der Waals surface area contributed by atoms with Gasteiger partial charge in [-0.15, -0.1) is 0 Å². The lowest BCUT2D eigenvalue weighted by atomic mass is 10.0. The molecule has 85 heavy (non-hydrogen) atoms. The molecule has 0 aromatic rings. The monoisotopic (exact) mass is 1210 g/mol. The molecule has 6 atom stereocenters. The van der Waals surface area contributed by atoms with Crippen molar-refractivity contribution in [2.24, 2.45) is 0 Å². The Balaban J connectivity index is 3.22. The number of rotatable bonds is 64. The summed E-state index contributed by atoms with van der Waals surface area (Å²) in [5.74, 6) is 0. The van der Waals surface area contributed by atoms with Crippen LogP contribution in [0.2, 0.25) is 0 Å². The summed E-state index contributed by atoms with van der Waals surface area (Å²) in [5, 5.41) is 58.7. The van der Waals surface area contributed by atoms with Crippen molar-refractivity contribution in [2.45, 2.75) is 354 Å². The molecule has 0 radical (unpaired) electrons. The molecule has 1 aliphatic heterocycles. The molecule has 510 valence electrons. The molecule has 1 aliphatic rings. The number of hydrogen-bond acceptors (Lipinski definition) is 5. The topological polar surface area (TPSA) is 101 Å². The van der Waals surface area contributed by atoms with Gasteiger partial charge in [-0.3, -0.25) is 0 Å². The Morgan fingerprint density at radius 2 is 0.412 bits per heavy atom. The predicted molar refractivity (Wildman–Crippen MR) is 370 cm³/mol. The Kier molecular flexibility index (Phi) is 50.7. The third-order valence-corrected chi connectivity index (χ3v) is 21.1. The number of aliphatic hydroxyl groups is 5. The second kappa shape index (κ2) is 52.1. The van der Waals surface area contributed by atoms with E-state index in [9.17, 15) is 25.5 Å². The highest BCUT2D eigenvalue weighted by atomic mass is 16.3. The number of piperazine rings is 1. The maximum Gasteiger partial charge on any atom is 0.129 e. The molecule has 1 fully saturated rings. The first-order chi connectivity index (χ1) is 40.8. The molecule has 1 rings (SSSR count). The fraction of sp³-hybridized carbons (Fsp3) is 1.00. The van der Waals surface area contributed by atoms with Crippen molar-refractivity contribution in [2.75, 3.05) is 133 Å². The quantitative estimate of drug-likeness (QED) is 0.0309. The summed E-state index contributed by atoms with van der Waals surface area (Å²) in [6, 6.07) is 0. The van der Waals surface area contributed by atoms with Crippen molar-refractivity contribution in [1.29, 1.82) is 0 Å². The lowest BCUT2D eigenvalue weighted by Gasteiger charge is -2.49. The molecule has 5 N–H and O–H groups in total. The number of aliphatic hydroxyl groups excluding tert-OH is 5. The average molecular weight is 1210 g/mol. The van der Waals surface area contributed by atoms with Crippen molar-refractivity contribution in [1.82, 2.24) is 0 Å². The second-order valence-corrected chi connectivity index (χ2v) is 30.8. The minimum Gasteiger partial charge on any atom is -0.387 e. The van der Waals surface area contributed by atoms with E-state index in [0.29, 0.717) is 17.6 Å². The lowest BCUT2D eigenvalue weighted by Crippen LogP contribution is -2.68. The summed E-state index contributed by atoms with van der Waals surface area (Å²) in [6.45, 7) is 25.5. The van der Waals surface area contributed by atoms with Gasteiger partial charge < -0.3 is 47.9 Å². The number of nitrogens with zero attached hydrogens (tertiary/aromatic N) is 5. The number of likely N-dealkylation sites (N-methyl/N-ethyl adjacent to an activating group) is 5. The Hall–Kier alpha value is -0.400. The summed E-state index contributed by atoms with van der Waals surface area (Å²) < 4.78 is 4.36. The van der Waals surface area contributed by atoms with Crippen molar-refractivity contribution in [3.05, 3.63) is 0 Å². The highest BCUT2D eigenvalue weighted by molar-refractivity contribution is 4.66. The Morgan fingerprint density at radius 3 is 0.635 bits per heavy atom. The van der Waals surface area contributed by atoms with Crippen LogP contribution < -0.4 is 0 Å². The maximum absolute atomic E-state index is 11.9. The minimum absolute atomic E-state index is 0.329. The molecule has 0 bridgehead atoms. The van der Waals surface area contributed by atoms with Crippen LogP contribution in [-0.2, 0) is 0 Å². The van der Waals surface area contributed by atoms with Gasteiger partial charge in [0.25, 0.3) is 0 Å². The third kappa shape index (κ3) is 46.3. The first-order valence-electron chi connectivity index (χ1n) is 38.4. The zero-order valence-electron chi connectivity index (χ0n) is 59.8. The molecule has 0 amide bonds. The number of unbranched alkanes of at least 4 members (excludes halogenated alkanes) is 35. The van der Waals surface area contributed by atoms with Crippen molar-refractivity contribution < 1.29 is 47.9 Å². The zero-order chi connectivity index (χ0) is 62.8. The predicted octanol–water partition coefficient (Wildman–Crippen LogP) is 16.7. The van der Waals surface area contributed by atoms with Crippen LogP contribution in [0.25, 0.3) is 0 Å². The van der Waals surface area contributed by atoms with E-state index in [1.165, 1.54) is 225 Å². The zero-order valence-corrected chi connectivity index (χ0v) is 59.8. The van der Waals surface area contributed by atoms with Gasteiger partial charge in [-0.05, 0) is 32.1 Å². The molecule has 6 unspecified atom stereocenters. The van der Waals surface area contributed by atoms with Crippen molar-refractivity contribution in [3.8, 4) is 0 Å². The van der Waals surface area contributed by atoms with E-state index in [2.05, 4.69) is 69.9 Å². The molecular formula is C75H160N5O5+5. The van der Waals surface area contributed by atoms with Crippen LogP contribution in [0.4, 0.5) is 0 Å². The van der Waals surface area contributed by atoms with Gasteiger partial charge in [-0.2, -0.15) is 0 Å². The molecule has 10 heteroatoms. The highest BCUT2D eigenvalue weighted by Crippen LogP contribution is 2.24. The van der Waals surface area contributed by atoms with E-state index in [1.54, 1.807) is 0 Å². The van der Waals surface area contributed by atoms with Crippen molar-refractivity contribution in [3.63, 3.8) is 0 Å². The van der Waals surface area contributed by atoms with E-state index in [1.807, 2.05) is 0 Å². The summed E-state index contributed by atoms with van der Waals surface area (Å²) in [5.41, 5.74) is 0. The molecule has 1 heterocycles. The summed E-state index contributed by atoms with van der Waals surface area (Å²) in [7, 11) is 12.1. The second-order valence-electron chi connectivity index (χ2n) is 30.8. The Morgan fingerprint density at radius 1 is 0.247 bits per heavy atom. The fourth-order valence-electron chi connectivity index (χ4n) is 14.5. The third-order valence-electron chi connectivity index (χ3n) is 21.1. The molecule has 0 saturated carbocycles. The normalized spacial score (nSPS) is 20.6. The van der Waals surface area contributed by atoms with Gasteiger partial charge in [-0.1, -0.05) is 291 Å². The fourth-order valence-corrected chi connectivity index (χ4v) is 14.5. The van der Waals surface area contributed by atoms with Crippen LogP contribution in [0.3, 0.4) is 0 Å². The van der Waals surface area contributed by atoms with Crippen LogP contribution in [0.1, 0.15) is 324 Å². The molecule has 0 spiro atoms. The Labute approximate surface area is 533 Å². The SMILES string of the molecule is CCCCCCCCCCC(O)C[N+](C)(CC[N+]1(C)CC[N+](C)(CC[N+](C)(CC(O)CCCCCCCCCC)CC(O)CCCCCCCCCC)CC1)CC[N+](C)(CC(O)CCCCCCCCCC)CC(O)CCCCCCCCCC. The van der Waals surface area contributed by atoms with Gasteiger partial charge in [0, 0.05) is 0 Å². The summed E-state index contributed by atoms with van der Waals surface area (Å²) in [4.78, 5) is 0. The first kappa shape index (κ1) is 82.6. The summed E-state index contributed by atoms with van der Waals surface area (Å²) >= 11 is 0. The molecule has 0 aromatic heterocycles. The van der Waals surface area contributed by atoms with E-state index < -0.39 is 0 Å². The highest BCUT2D eigenvalue weighted by Gasteiger charge is 2.42. The average Bonchev–Trinajstić information content (AvgIpc) is 2.66. The smallest absolute Gasteiger partial charge is 0.129 e. The van der Waals surface area contributed by atoms with Gasteiger partial charge >= 0.3 is 0 Å². The minimum atomic E-state index is -0.372. The van der Waals surface area contributed by atoms with E-state index in [0.717, 1.165) is 167 Å². The van der Waals surface area contributed by atoms with Gasteiger partial charge in [0.15, 0.2) is 0 Å². The van der Waals surface area contributed by atoms with Gasteiger partial charge in [0.2, 0.25) is 0 Å².